The number of amides is 2. The number of hydrogen-bond donors (Lipinski definition) is 3. The van der Waals surface area contributed by atoms with Crippen molar-refractivity contribution in [3.8, 4) is 0 Å². The topological polar surface area (TPSA) is 78.4 Å². The van der Waals surface area contributed by atoms with E-state index < -0.39 is 18.0 Å². The number of carboxylic acid groups (broad SMARTS) is 1. The van der Waals surface area contributed by atoms with Gasteiger partial charge in [-0.15, -0.1) is 0 Å². The Kier molecular flexibility index (Phi) is 8.19. The maximum atomic E-state index is 11.7. The minimum absolute atomic E-state index is 0.0498. The number of rotatable bonds is 8. The van der Waals surface area contributed by atoms with Crippen LogP contribution in [0.5, 0.6) is 0 Å². The van der Waals surface area contributed by atoms with Crippen LogP contribution in [0, 0.1) is 11.8 Å². The predicted octanol–water partition coefficient (Wildman–Crippen LogP) is 2.61. The van der Waals surface area contributed by atoms with Crippen LogP contribution in [-0.2, 0) is 4.79 Å². The first-order valence-corrected chi connectivity index (χ1v) is 7.07. The van der Waals surface area contributed by atoms with Gasteiger partial charge in [-0.3, -0.25) is 0 Å². The molecule has 0 aromatic heterocycles. The van der Waals surface area contributed by atoms with Gasteiger partial charge in [-0.1, -0.05) is 34.1 Å². The summed E-state index contributed by atoms with van der Waals surface area (Å²) in [7, 11) is 0. The second kappa shape index (κ2) is 8.77. The van der Waals surface area contributed by atoms with Gasteiger partial charge in [0.25, 0.3) is 0 Å². The molecule has 112 valence electrons. The van der Waals surface area contributed by atoms with Crippen LogP contribution in [0.3, 0.4) is 0 Å². The Hall–Kier alpha value is -1.26. The fourth-order valence-corrected chi connectivity index (χ4v) is 1.75. The Morgan fingerprint density at radius 3 is 2.05 bits per heavy atom. The summed E-state index contributed by atoms with van der Waals surface area (Å²) >= 11 is 0. The lowest BCUT2D eigenvalue weighted by Crippen LogP contribution is -2.50. The van der Waals surface area contributed by atoms with E-state index in [-0.39, 0.29) is 12.0 Å². The molecule has 0 aromatic rings. The highest BCUT2D eigenvalue weighted by molar-refractivity contribution is 5.82. The maximum absolute atomic E-state index is 11.7. The van der Waals surface area contributed by atoms with Gasteiger partial charge in [0, 0.05) is 6.04 Å². The second-order valence-corrected chi connectivity index (χ2v) is 5.69. The zero-order chi connectivity index (χ0) is 15.0. The minimum atomic E-state index is -0.987. The predicted molar refractivity (Wildman–Crippen MR) is 76.1 cm³/mol. The van der Waals surface area contributed by atoms with E-state index in [1.54, 1.807) is 0 Å². The lowest BCUT2D eigenvalue weighted by molar-refractivity contribution is -0.140. The molecule has 0 aliphatic carbocycles. The molecular formula is C14H28N2O3. The smallest absolute Gasteiger partial charge is 0.326 e. The van der Waals surface area contributed by atoms with E-state index in [1.165, 1.54) is 0 Å². The van der Waals surface area contributed by atoms with E-state index in [4.69, 9.17) is 5.11 Å². The van der Waals surface area contributed by atoms with E-state index in [1.807, 2.05) is 20.8 Å². The Bertz CT molecular complexity index is 292. The van der Waals surface area contributed by atoms with Crippen molar-refractivity contribution in [2.24, 2.45) is 11.8 Å². The molecule has 0 radical (unpaired) electrons. The van der Waals surface area contributed by atoms with E-state index in [9.17, 15) is 9.59 Å². The van der Waals surface area contributed by atoms with Crippen molar-refractivity contribution in [3.63, 3.8) is 0 Å². The third kappa shape index (κ3) is 7.70. The highest BCUT2D eigenvalue weighted by Gasteiger charge is 2.25. The number of urea groups is 1. The van der Waals surface area contributed by atoms with Crippen molar-refractivity contribution in [2.75, 3.05) is 0 Å². The summed E-state index contributed by atoms with van der Waals surface area (Å²) in [4.78, 5) is 22.8. The number of carboxylic acids is 1. The first kappa shape index (κ1) is 17.7. The Morgan fingerprint density at radius 1 is 1.05 bits per heavy atom. The highest BCUT2D eigenvalue weighted by Crippen LogP contribution is 2.09. The minimum Gasteiger partial charge on any atom is -0.480 e. The van der Waals surface area contributed by atoms with E-state index in [0.29, 0.717) is 12.3 Å². The molecule has 0 aromatic carbocycles. The molecule has 0 fully saturated rings. The van der Waals surface area contributed by atoms with Crippen LogP contribution >= 0.6 is 0 Å². The van der Waals surface area contributed by atoms with Gasteiger partial charge in [-0.05, 0) is 31.6 Å². The van der Waals surface area contributed by atoms with Crippen molar-refractivity contribution in [1.29, 1.82) is 0 Å². The molecule has 0 rings (SSSR count). The molecule has 5 heteroatoms. The third-order valence-corrected chi connectivity index (χ3v) is 3.32. The zero-order valence-electron chi connectivity index (χ0n) is 12.7. The van der Waals surface area contributed by atoms with Crippen molar-refractivity contribution in [1.82, 2.24) is 10.6 Å². The fraction of sp³-hybridized carbons (Fsp3) is 0.857. The highest BCUT2D eigenvalue weighted by atomic mass is 16.4. The molecule has 0 bridgehead atoms. The normalized spacial score (nSPS) is 15.7. The fourth-order valence-electron chi connectivity index (χ4n) is 1.75. The molecule has 2 amide bonds. The van der Waals surface area contributed by atoms with E-state index >= 15 is 0 Å². The van der Waals surface area contributed by atoms with E-state index in [0.717, 1.165) is 12.8 Å². The van der Waals surface area contributed by atoms with Crippen LogP contribution < -0.4 is 10.6 Å². The Labute approximate surface area is 116 Å². The van der Waals surface area contributed by atoms with Gasteiger partial charge in [0.1, 0.15) is 6.04 Å². The van der Waals surface area contributed by atoms with Crippen molar-refractivity contribution < 1.29 is 14.7 Å². The second-order valence-electron chi connectivity index (χ2n) is 5.69. The largest absolute Gasteiger partial charge is 0.480 e. The zero-order valence-corrected chi connectivity index (χ0v) is 12.7. The summed E-state index contributed by atoms with van der Waals surface area (Å²) in [6, 6.07) is -1.18. The first-order valence-electron chi connectivity index (χ1n) is 7.07. The standard InChI is InChI=1S/C14H28N2O3/c1-6-10(4)12(13(17)18)16-14(19)15-11(5)8-7-9(2)3/h9-12H,6-8H2,1-5H3,(H,17,18)(H2,15,16,19). The quantitative estimate of drug-likeness (QED) is 0.635. The van der Waals surface area contributed by atoms with Crippen LogP contribution in [0.1, 0.15) is 53.9 Å². The maximum Gasteiger partial charge on any atom is 0.326 e. The van der Waals surface area contributed by atoms with Crippen LogP contribution in [0.2, 0.25) is 0 Å². The van der Waals surface area contributed by atoms with Crippen LogP contribution in [0.25, 0.3) is 0 Å². The molecule has 0 saturated heterocycles. The summed E-state index contributed by atoms with van der Waals surface area (Å²) in [6.45, 7) is 9.93. The molecule has 0 aliphatic rings. The lowest BCUT2D eigenvalue weighted by atomic mass is 9.99. The SMILES string of the molecule is CCC(C)C(NC(=O)NC(C)CCC(C)C)C(=O)O. The monoisotopic (exact) mass is 272 g/mol. The molecule has 0 aliphatic heterocycles. The number of nitrogens with one attached hydrogen (secondary N) is 2. The first-order chi connectivity index (χ1) is 8.77. The van der Waals surface area contributed by atoms with Gasteiger partial charge in [0.15, 0.2) is 0 Å². The van der Waals surface area contributed by atoms with Gasteiger partial charge in [-0.2, -0.15) is 0 Å². The average Bonchev–Trinajstić information content (AvgIpc) is 2.32. The van der Waals surface area contributed by atoms with Gasteiger partial charge in [0.05, 0.1) is 0 Å². The third-order valence-electron chi connectivity index (χ3n) is 3.32. The Balaban J connectivity index is 4.23. The summed E-state index contributed by atoms with van der Waals surface area (Å²) in [5.74, 6) is -0.479. The summed E-state index contributed by atoms with van der Waals surface area (Å²) in [5, 5.41) is 14.4. The lowest BCUT2D eigenvalue weighted by Gasteiger charge is -2.22. The molecule has 5 nitrogen and oxygen atoms in total. The van der Waals surface area contributed by atoms with Crippen molar-refractivity contribution >= 4 is 12.0 Å². The number of aliphatic carboxylic acids is 1. The molecule has 3 unspecified atom stereocenters. The van der Waals surface area contributed by atoms with Gasteiger partial charge >= 0.3 is 12.0 Å². The summed E-state index contributed by atoms with van der Waals surface area (Å²) < 4.78 is 0. The summed E-state index contributed by atoms with van der Waals surface area (Å²) in [5.41, 5.74) is 0. The van der Waals surface area contributed by atoms with Crippen LogP contribution in [0.4, 0.5) is 4.79 Å². The number of hydrogen-bond acceptors (Lipinski definition) is 2. The molecule has 0 heterocycles. The summed E-state index contributed by atoms with van der Waals surface area (Å²) in [6.07, 6.45) is 2.64. The molecule has 3 N–H and O–H groups in total. The average molecular weight is 272 g/mol. The number of carbonyl (C=O) groups excluding carboxylic acids is 1. The van der Waals surface area contributed by atoms with Crippen molar-refractivity contribution in [2.45, 2.75) is 66.0 Å². The van der Waals surface area contributed by atoms with Gasteiger partial charge in [0.2, 0.25) is 0 Å². The van der Waals surface area contributed by atoms with Crippen LogP contribution in [-0.4, -0.2) is 29.2 Å². The Morgan fingerprint density at radius 2 is 1.63 bits per heavy atom. The molecule has 19 heavy (non-hydrogen) atoms. The number of carbonyl (C=O) groups is 2. The van der Waals surface area contributed by atoms with Crippen molar-refractivity contribution in [3.05, 3.63) is 0 Å². The molecule has 3 atom stereocenters. The van der Waals surface area contributed by atoms with Crippen LogP contribution in [0.15, 0.2) is 0 Å². The molecular weight excluding hydrogens is 244 g/mol. The van der Waals surface area contributed by atoms with Gasteiger partial charge in [-0.25, -0.2) is 9.59 Å². The van der Waals surface area contributed by atoms with Gasteiger partial charge < -0.3 is 15.7 Å². The van der Waals surface area contributed by atoms with E-state index in [2.05, 4.69) is 24.5 Å². The molecule has 0 saturated carbocycles. The molecule has 0 spiro atoms.